The first-order valence-electron chi connectivity index (χ1n) is 4.21. The van der Waals surface area contributed by atoms with Gasteiger partial charge >= 0.3 is 0 Å². The van der Waals surface area contributed by atoms with Gasteiger partial charge in [0.1, 0.15) is 0 Å². The molecule has 0 radical (unpaired) electrons. The maximum atomic E-state index is 11.1. The highest BCUT2D eigenvalue weighted by Crippen LogP contribution is 2.12. The standard InChI is InChI=1S/C8H12N2O4S2/c1-15(11,12)8-5-3-7(4-6-8)9-10-16(2,13)14/h3-6,9-10H,1-2H3. The van der Waals surface area contributed by atoms with E-state index in [1.165, 1.54) is 24.3 Å². The van der Waals surface area contributed by atoms with Crippen molar-refractivity contribution in [1.29, 1.82) is 0 Å². The van der Waals surface area contributed by atoms with Crippen LogP contribution < -0.4 is 10.3 Å². The fraction of sp³-hybridized carbons (Fsp3) is 0.250. The molecule has 1 rings (SSSR count). The molecular formula is C8H12N2O4S2. The van der Waals surface area contributed by atoms with Crippen molar-refractivity contribution in [3.05, 3.63) is 24.3 Å². The van der Waals surface area contributed by atoms with Crippen molar-refractivity contribution in [3.8, 4) is 0 Å². The fourth-order valence-corrected chi connectivity index (χ4v) is 1.87. The number of sulfonamides is 1. The Kier molecular flexibility index (Phi) is 3.56. The summed E-state index contributed by atoms with van der Waals surface area (Å²) in [5.41, 5.74) is 2.89. The molecule has 0 heterocycles. The first-order valence-corrected chi connectivity index (χ1v) is 8.00. The average molecular weight is 264 g/mol. The van der Waals surface area contributed by atoms with Crippen LogP contribution >= 0.6 is 0 Å². The molecule has 0 aliphatic heterocycles. The van der Waals surface area contributed by atoms with E-state index in [1.807, 2.05) is 0 Å². The molecule has 16 heavy (non-hydrogen) atoms. The highest BCUT2D eigenvalue weighted by Gasteiger charge is 2.06. The predicted molar refractivity (Wildman–Crippen MR) is 61.2 cm³/mol. The molecule has 0 aliphatic rings. The number of hydrazine groups is 1. The summed E-state index contributed by atoms with van der Waals surface area (Å²) in [4.78, 5) is 2.25. The van der Waals surface area contributed by atoms with E-state index in [4.69, 9.17) is 0 Å². The molecule has 0 fully saturated rings. The van der Waals surface area contributed by atoms with Crippen LogP contribution in [0.2, 0.25) is 0 Å². The van der Waals surface area contributed by atoms with E-state index in [1.54, 1.807) is 0 Å². The van der Waals surface area contributed by atoms with Gasteiger partial charge in [0.05, 0.1) is 11.2 Å². The number of nitrogens with one attached hydrogen (secondary N) is 2. The topological polar surface area (TPSA) is 92.3 Å². The minimum Gasteiger partial charge on any atom is -0.308 e. The van der Waals surface area contributed by atoms with Crippen LogP contribution in [0.15, 0.2) is 29.2 Å². The highest BCUT2D eigenvalue weighted by molar-refractivity contribution is 7.90. The first-order chi connectivity index (χ1) is 7.18. The molecule has 0 aromatic heterocycles. The SMILES string of the molecule is CS(=O)(=O)NNc1ccc(S(C)(=O)=O)cc1. The van der Waals surface area contributed by atoms with E-state index in [0.717, 1.165) is 12.5 Å². The lowest BCUT2D eigenvalue weighted by Gasteiger charge is -2.06. The van der Waals surface area contributed by atoms with Crippen LogP contribution in [0.25, 0.3) is 0 Å². The van der Waals surface area contributed by atoms with Crippen LogP contribution in [-0.4, -0.2) is 29.3 Å². The number of hydrogen-bond acceptors (Lipinski definition) is 5. The molecule has 2 N–H and O–H groups in total. The van der Waals surface area contributed by atoms with Gasteiger partial charge < -0.3 is 5.43 Å². The van der Waals surface area contributed by atoms with Crippen LogP contribution in [0.4, 0.5) is 5.69 Å². The van der Waals surface area contributed by atoms with Crippen molar-refractivity contribution in [2.75, 3.05) is 17.9 Å². The molecule has 0 amide bonds. The normalized spacial score (nSPS) is 12.4. The summed E-state index contributed by atoms with van der Waals surface area (Å²) < 4.78 is 43.8. The second kappa shape index (κ2) is 4.40. The molecule has 8 heteroatoms. The lowest BCUT2D eigenvalue weighted by atomic mass is 10.3. The summed E-state index contributed by atoms with van der Waals surface area (Å²) in [5, 5.41) is 0. The van der Waals surface area contributed by atoms with Gasteiger partial charge in [0.25, 0.3) is 0 Å². The molecule has 0 bridgehead atoms. The maximum absolute atomic E-state index is 11.1. The van der Waals surface area contributed by atoms with Gasteiger partial charge in [-0.1, -0.05) is 0 Å². The summed E-state index contributed by atoms with van der Waals surface area (Å²) in [6, 6.07) is 5.71. The molecule has 0 spiro atoms. The first kappa shape index (κ1) is 12.9. The number of anilines is 1. The summed E-state index contributed by atoms with van der Waals surface area (Å²) in [6.45, 7) is 0. The zero-order valence-corrected chi connectivity index (χ0v) is 10.4. The molecule has 0 unspecified atom stereocenters. The summed E-state index contributed by atoms with van der Waals surface area (Å²) >= 11 is 0. The minimum atomic E-state index is -3.34. The number of hydrogen-bond donors (Lipinski definition) is 2. The zero-order chi connectivity index (χ0) is 12.4. The van der Waals surface area contributed by atoms with Crippen molar-refractivity contribution < 1.29 is 16.8 Å². The van der Waals surface area contributed by atoms with Crippen molar-refractivity contribution >= 4 is 25.5 Å². The van der Waals surface area contributed by atoms with Crippen molar-refractivity contribution in [1.82, 2.24) is 4.83 Å². The van der Waals surface area contributed by atoms with Gasteiger partial charge in [0.15, 0.2) is 9.84 Å². The van der Waals surface area contributed by atoms with Crippen LogP contribution in [-0.2, 0) is 19.9 Å². The van der Waals surface area contributed by atoms with E-state index in [2.05, 4.69) is 10.3 Å². The van der Waals surface area contributed by atoms with Crippen LogP contribution in [0.3, 0.4) is 0 Å². The lowest BCUT2D eigenvalue weighted by molar-refractivity contribution is 0.593. The van der Waals surface area contributed by atoms with Crippen molar-refractivity contribution in [2.45, 2.75) is 4.90 Å². The number of rotatable bonds is 4. The molecular weight excluding hydrogens is 252 g/mol. The van der Waals surface area contributed by atoms with Crippen LogP contribution in [0.5, 0.6) is 0 Å². The third-order valence-corrected chi connectivity index (χ3v) is 3.26. The molecule has 1 aromatic rings. The predicted octanol–water partition coefficient (Wildman–Crippen LogP) is -0.0338. The third-order valence-electron chi connectivity index (χ3n) is 1.66. The summed E-state index contributed by atoms with van der Waals surface area (Å²) in [5.74, 6) is 0. The van der Waals surface area contributed by atoms with Gasteiger partial charge in [-0.3, -0.25) is 0 Å². The zero-order valence-electron chi connectivity index (χ0n) is 8.76. The van der Waals surface area contributed by atoms with Crippen LogP contribution in [0, 0.1) is 0 Å². The Morgan fingerprint density at radius 2 is 1.44 bits per heavy atom. The Hall–Kier alpha value is -1.12. The molecule has 0 saturated carbocycles. The average Bonchev–Trinajstić information content (AvgIpc) is 2.13. The molecule has 0 atom stereocenters. The number of sulfone groups is 1. The second-order valence-corrected chi connectivity index (χ2v) is 7.06. The Labute approximate surface area is 94.6 Å². The van der Waals surface area contributed by atoms with Crippen molar-refractivity contribution in [3.63, 3.8) is 0 Å². The van der Waals surface area contributed by atoms with E-state index < -0.39 is 19.9 Å². The highest BCUT2D eigenvalue weighted by atomic mass is 32.2. The minimum absolute atomic E-state index is 0.178. The molecule has 0 saturated heterocycles. The molecule has 90 valence electrons. The molecule has 0 aliphatic carbocycles. The third kappa shape index (κ3) is 4.17. The van der Waals surface area contributed by atoms with Crippen LogP contribution in [0.1, 0.15) is 0 Å². The summed E-state index contributed by atoms with van der Waals surface area (Å²) in [6.07, 6.45) is 2.11. The van der Waals surface area contributed by atoms with Crippen molar-refractivity contribution in [2.24, 2.45) is 0 Å². The van der Waals surface area contributed by atoms with E-state index in [-0.39, 0.29) is 4.90 Å². The van der Waals surface area contributed by atoms with Gasteiger partial charge in [-0.2, -0.15) is 0 Å². The van der Waals surface area contributed by atoms with E-state index in [0.29, 0.717) is 5.69 Å². The molecule has 1 aromatic carbocycles. The Bertz CT molecular complexity index is 561. The van der Waals surface area contributed by atoms with Gasteiger partial charge in [-0.05, 0) is 24.3 Å². The van der Waals surface area contributed by atoms with Gasteiger partial charge in [-0.25, -0.2) is 16.8 Å². The van der Waals surface area contributed by atoms with Gasteiger partial charge in [-0.15, -0.1) is 4.83 Å². The van der Waals surface area contributed by atoms with Gasteiger partial charge in [0, 0.05) is 11.9 Å². The van der Waals surface area contributed by atoms with E-state index >= 15 is 0 Å². The quantitative estimate of drug-likeness (QED) is 0.745. The Balaban J connectivity index is 2.81. The summed E-state index contributed by atoms with van der Waals surface area (Å²) in [7, 11) is -6.57. The maximum Gasteiger partial charge on any atom is 0.225 e. The molecule has 6 nitrogen and oxygen atoms in total. The Morgan fingerprint density at radius 1 is 0.938 bits per heavy atom. The number of benzene rings is 1. The Morgan fingerprint density at radius 3 is 1.81 bits per heavy atom. The largest absolute Gasteiger partial charge is 0.308 e. The smallest absolute Gasteiger partial charge is 0.225 e. The fourth-order valence-electron chi connectivity index (χ4n) is 0.937. The van der Waals surface area contributed by atoms with Gasteiger partial charge in [0.2, 0.25) is 10.0 Å². The second-order valence-electron chi connectivity index (χ2n) is 3.30. The monoisotopic (exact) mass is 264 g/mol. The lowest BCUT2D eigenvalue weighted by Crippen LogP contribution is -2.28. The van der Waals surface area contributed by atoms with E-state index in [9.17, 15) is 16.8 Å².